The van der Waals surface area contributed by atoms with Crippen LogP contribution in [0.4, 0.5) is 4.79 Å². The van der Waals surface area contributed by atoms with Crippen LogP contribution in [0.5, 0.6) is 0 Å². The molecule has 142 valence electrons. The first-order valence-corrected chi connectivity index (χ1v) is 9.74. The zero-order valence-electron chi connectivity index (χ0n) is 17.0. The van der Waals surface area contributed by atoms with Gasteiger partial charge < -0.3 is 15.4 Å². The molecule has 0 aromatic carbocycles. The van der Waals surface area contributed by atoms with Gasteiger partial charge in [-0.25, -0.2) is 4.79 Å². The van der Waals surface area contributed by atoms with Crippen LogP contribution in [-0.2, 0) is 4.74 Å². The van der Waals surface area contributed by atoms with E-state index in [1.807, 2.05) is 20.8 Å². The van der Waals surface area contributed by atoms with E-state index in [2.05, 4.69) is 38.3 Å². The van der Waals surface area contributed by atoms with Crippen LogP contribution in [0.15, 0.2) is 0 Å². The predicted octanol–water partition coefficient (Wildman–Crippen LogP) is 4.87. The largest absolute Gasteiger partial charge is 0.444 e. The number of carbonyl (C=O) groups is 1. The van der Waals surface area contributed by atoms with Crippen LogP contribution in [0.2, 0.25) is 0 Å². The summed E-state index contributed by atoms with van der Waals surface area (Å²) < 4.78 is 5.32. The Morgan fingerprint density at radius 1 is 1.08 bits per heavy atom. The normalized spacial score (nSPS) is 24.1. The minimum atomic E-state index is -0.442. The molecule has 3 atom stereocenters. The van der Waals surface area contributed by atoms with E-state index in [0.717, 1.165) is 12.3 Å². The van der Waals surface area contributed by atoms with Crippen molar-refractivity contribution in [2.24, 2.45) is 11.3 Å². The minimum absolute atomic E-state index is 0.314. The van der Waals surface area contributed by atoms with Gasteiger partial charge in [0, 0.05) is 18.6 Å². The molecule has 1 rings (SSSR count). The second kappa shape index (κ2) is 9.07. The van der Waals surface area contributed by atoms with Gasteiger partial charge in [-0.2, -0.15) is 0 Å². The van der Waals surface area contributed by atoms with Crippen LogP contribution >= 0.6 is 0 Å². The molecule has 0 aromatic rings. The van der Waals surface area contributed by atoms with E-state index < -0.39 is 5.60 Å². The number of hydrogen-bond acceptors (Lipinski definition) is 3. The highest BCUT2D eigenvalue weighted by Gasteiger charge is 2.28. The molecule has 0 aliphatic heterocycles. The molecule has 1 fully saturated rings. The Morgan fingerprint density at radius 2 is 1.75 bits per heavy atom. The molecule has 0 bridgehead atoms. The summed E-state index contributed by atoms with van der Waals surface area (Å²) in [5.41, 5.74) is -0.0280. The summed E-state index contributed by atoms with van der Waals surface area (Å²) >= 11 is 0. The highest BCUT2D eigenvalue weighted by Crippen LogP contribution is 2.36. The van der Waals surface area contributed by atoms with Crippen LogP contribution in [0.3, 0.4) is 0 Å². The molecule has 1 aliphatic rings. The highest BCUT2D eigenvalue weighted by molar-refractivity contribution is 5.67. The predicted molar refractivity (Wildman–Crippen MR) is 101 cm³/mol. The molecular weight excluding hydrogens is 300 g/mol. The average Bonchev–Trinajstić information content (AvgIpc) is 2.66. The van der Waals surface area contributed by atoms with Gasteiger partial charge in [0.1, 0.15) is 5.60 Å². The molecule has 0 saturated heterocycles. The van der Waals surface area contributed by atoms with E-state index in [9.17, 15) is 4.79 Å². The summed E-state index contributed by atoms with van der Waals surface area (Å²) in [4.78, 5) is 11.8. The topological polar surface area (TPSA) is 50.4 Å². The molecule has 0 radical (unpaired) electrons. The number of rotatable bonds is 5. The summed E-state index contributed by atoms with van der Waals surface area (Å²) in [7, 11) is 0. The lowest BCUT2D eigenvalue weighted by Gasteiger charge is -2.30. The molecule has 4 heteroatoms. The first-order valence-electron chi connectivity index (χ1n) is 9.74. The van der Waals surface area contributed by atoms with E-state index in [-0.39, 0.29) is 6.09 Å². The van der Waals surface area contributed by atoms with Crippen LogP contribution in [0.25, 0.3) is 0 Å². The Kier molecular flexibility index (Phi) is 8.04. The maximum atomic E-state index is 11.8. The number of ether oxygens (including phenoxy) is 1. The molecule has 0 heterocycles. The monoisotopic (exact) mass is 340 g/mol. The molecular formula is C20H40N2O2. The number of amides is 1. The second-order valence-electron chi connectivity index (χ2n) is 9.42. The summed E-state index contributed by atoms with van der Waals surface area (Å²) in [5.74, 6) is 0.823. The van der Waals surface area contributed by atoms with Gasteiger partial charge in [0.2, 0.25) is 0 Å². The fourth-order valence-corrected chi connectivity index (χ4v) is 3.51. The van der Waals surface area contributed by atoms with Gasteiger partial charge in [-0.05, 0) is 64.2 Å². The van der Waals surface area contributed by atoms with Crippen LogP contribution < -0.4 is 10.6 Å². The molecule has 24 heavy (non-hydrogen) atoms. The zero-order valence-corrected chi connectivity index (χ0v) is 17.0. The van der Waals surface area contributed by atoms with Crippen molar-refractivity contribution in [2.75, 3.05) is 6.54 Å². The fraction of sp³-hybridized carbons (Fsp3) is 0.950. The maximum absolute atomic E-state index is 11.8. The van der Waals surface area contributed by atoms with E-state index in [1.54, 1.807) is 0 Å². The summed E-state index contributed by atoms with van der Waals surface area (Å²) in [6.45, 7) is 15.6. The summed E-state index contributed by atoms with van der Waals surface area (Å²) in [6.07, 6.45) is 7.12. The quantitative estimate of drug-likeness (QED) is 0.702. The van der Waals surface area contributed by atoms with Crippen molar-refractivity contribution in [3.05, 3.63) is 0 Å². The Labute approximate surface area is 149 Å². The first-order chi connectivity index (χ1) is 11.0. The molecule has 0 spiro atoms. The van der Waals surface area contributed by atoms with E-state index in [1.165, 1.54) is 32.1 Å². The van der Waals surface area contributed by atoms with E-state index in [0.29, 0.717) is 24.0 Å². The summed E-state index contributed by atoms with van der Waals surface area (Å²) in [6, 6.07) is 0.886. The standard InChI is InChI=1S/C20H40N2O2/c1-8-16(14-21-18(23)24-20(5,6)7)22-17-11-9-10-15(12-13-17)19(2,3)4/h15-17,22H,8-14H2,1-7H3,(H,21,23). The zero-order chi connectivity index (χ0) is 18.4. The van der Waals surface area contributed by atoms with Gasteiger partial charge in [0.25, 0.3) is 0 Å². The van der Waals surface area contributed by atoms with Gasteiger partial charge in [-0.15, -0.1) is 0 Å². The summed E-state index contributed by atoms with van der Waals surface area (Å²) in [5, 5.41) is 6.67. The van der Waals surface area contributed by atoms with Crippen molar-refractivity contribution in [2.45, 2.75) is 105 Å². The molecule has 0 aromatic heterocycles. The number of nitrogens with one attached hydrogen (secondary N) is 2. The minimum Gasteiger partial charge on any atom is -0.444 e. The molecule has 1 aliphatic carbocycles. The molecule has 3 unspecified atom stereocenters. The van der Waals surface area contributed by atoms with Crippen LogP contribution in [0.1, 0.15) is 87.0 Å². The maximum Gasteiger partial charge on any atom is 0.407 e. The van der Waals surface area contributed by atoms with Crippen LogP contribution in [0, 0.1) is 11.3 Å². The Hall–Kier alpha value is -0.770. The number of alkyl carbamates (subject to hydrolysis) is 1. The van der Waals surface area contributed by atoms with Gasteiger partial charge in [0.05, 0.1) is 0 Å². The third-order valence-corrected chi connectivity index (χ3v) is 5.05. The lowest BCUT2D eigenvalue weighted by atomic mass is 9.76. The molecule has 1 amide bonds. The van der Waals surface area contributed by atoms with Crippen molar-refractivity contribution in [3.8, 4) is 0 Å². The van der Waals surface area contributed by atoms with E-state index >= 15 is 0 Å². The second-order valence-corrected chi connectivity index (χ2v) is 9.42. The Balaban J connectivity index is 2.41. The SMILES string of the molecule is CCC(CNC(=O)OC(C)(C)C)NC1CCCC(C(C)(C)C)CC1. The lowest BCUT2D eigenvalue weighted by molar-refractivity contribution is 0.0521. The molecule has 1 saturated carbocycles. The average molecular weight is 341 g/mol. The molecule has 4 nitrogen and oxygen atoms in total. The van der Waals surface area contributed by atoms with Crippen molar-refractivity contribution >= 4 is 6.09 Å². The van der Waals surface area contributed by atoms with Gasteiger partial charge in [0.15, 0.2) is 0 Å². The fourth-order valence-electron chi connectivity index (χ4n) is 3.51. The van der Waals surface area contributed by atoms with Crippen LogP contribution in [-0.4, -0.2) is 30.3 Å². The van der Waals surface area contributed by atoms with Crippen molar-refractivity contribution in [1.29, 1.82) is 0 Å². The van der Waals surface area contributed by atoms with Gasteiger partial charge in [-0.1, -0.05) is 34.1 Å². The van der Waals surface area contributed by atoms with Gasteiger partial charge >= 0.3 is 6.09 Å². The lowest BCUT2D eigenvalue weighted by Crippen LogP contribution is -2.46. The molecule has 2 N–H and O–H groups in total. The number of hydrogen-bond donors (Lipinski definition) is 2. The third-order valence-electron chi connectivity index (χ3n) is 5.05. The smallest absolute Gasteiger partial charge is 0.407 e. The van der Waals surface area contributed by atoms with Crippen molar-refractivity contribution < 1.29 is 9.53 Å². The van der Waals surface area contributed by atoms with Gasteiger partial charge in [-0.3, -0.25) is 0 Å². The van der Waals surface area contributed by atoms with E-state index in [4.69, 9.17) is 4.74 Å². The number of carbonyl (C=O) groups excluding carboxylic acids is 1. The Bertz CT molecular complexity index is 382. The first kappa shape index (κ1) is 21.3. The van der Waals surface area contributed by atoms with Crippen molar-refractivity contribution in [1.82, 2.24) is 10.6 Å². The Morgan fingerprint density at radius 3 is 2.29 bits per heavy atom. The highest BCUT2D eigenvalue weighted by atomic mass is 16.6. The third kappa shape index (κ3) is 8.36. The van der Waals surface area contributed by atoms with Crippen molar-refractivity contribution in [3.63, 3.8) is 0 Å².